The number of aliphatic hydroxyl groups is 1. The van der Waals surface area contributed by atoms with Crippen LogP contribution in [0.15, 0.2) is 18.2 Å². The van der Waals surface area contributed by atoms with Crippen molar-refractivity contribution in [3.8, 4) is 0 Å². The van der Waals surface area contributed by atoms with Crippen LogP contribution in [0.25, 0.3) is 0 Å². The molecule has 2 rings (SSSR count). The Hall–Kier alpha value is -1.17. The number of carbonyl (C=O) groups is 1. The fourth-order valence-corrected chi connectivity index (χ4v) is 2.40. The monoisotopic (exact) mass is 300 g/mol. The molecule has 1 amide bonds. The molecule has 1 aromatic carbocycles. The minimum atomic E-state index is -0.557. The standard InChI is InChI=1S/C14H18ClFN2O2/c1-9-4-5-18(7-13(9)19)8-14(20)17-12-3-2-10(15)6-11(12)16/h2-3,6,9,13,19H,4-5,7-8H2,1H3,(H,17,20). The summed E-state index contributed by atoms with van der Waals surface area (Å²) in [6.07, 6.45) is 0.438. The number of aliphatic hydroxyl groups excluding tert-OH is 1. The van der Waals surface area contributed by atoms with Crippen molar-refractivity contribution in [3.05, 3.63) is 29.0 Å². The van der Waals surface area contributed by atoms with E-state index >= 15 is 0 Å². The smallest absolute Gasteiger partial charge is 0.238 e. The predicted octanol–water partition coefficient (Wildman–Crippen LogP) is 2.12. The average molecular weight is 301 g/mol. The molecule has 1 saturated heterocycles. The predicted molar refractivity (Wildman–Crippen MR) is 76.3 cm³/mol. The van der Waals surface area contributed by atoms with Crippen molar-refractivity contribution < 1.29 is 14.3 Å². The summed E-state index contributed by atoms with van der Waals surface area (Å²) >= 11 is 5.65. The van der Waals surface area contributed by atoms with Crippen LogP contribution >= 0.6 is 11.6 Å². The van der Waals surface area contributed by atoms with Gasteiger partial charge in [-0.1, -0.05) is 18.5 Å². The SMILES string of the molecule is CC1CCN(CC(=O)Nc2ccc(Cl)cc2F)CC1O. The number of hydrogen-bond acceptors (Lipinski definition) is 3. The number of likely N-dealkylation sites (tertiary alicyclic amines) is 1. The van der Waals surface area contributed by atoms with Crippen LogP contribution in [-0.4, -0.2) is 41.7 Å². The molecule has 20 heavy (non-hydrogen) atoms. The number of nitrogens with one attached hydrogen (secondary N) is 1. The second-order valence-corrected chi connectivity index (χ2v) is 5.68. The van der Waals surface area contributed by atoms with E-state index in [4.69, 9.17) is 11.6 Å². The molecule has 1 aliphatic rings. The number of rotatable bonds is 3. The molecule has 0 spiro atoms. The molecule has 1 aromatic rings. The molecular weight excluding hydrogens is 283 g/mol. The molecule has 0 radical (unpaired) electrons. The van der Waals surface area contributed by atoms with Crippen molar-refractivity contribution in [1.82, 2.24) is 4.90 Å². The summed E-state index contributed by atoms with van der Waals surface area (Å²) in [7, 11) is 0. The zero-order valence-corrected chi connectivity index (χ0v) is 12.0. The van der Waals surface area contributed by atoms with Crippen molar-refractivity contribution >= 4 is 23.2 Å². The Balaban J connectivity index is 1.89. The molecule has 2 N–H and O–H groups in total. The molecule has 1 heterocycles. The van der Waals surface area contributed by atoms with Gasteiger partial charge in [0.1, 0.15) is 5.82 Å². The molecule has 6 heteroatoms. The first-order valence-corrected chi connectivity index (χ1v) is 6.99. The lowest BCUT2D eigenvalue weighted by molar-refractivity contribution is -0.118. The third kappa shape index (κ3) is 3.91. The van der Waals surface area contributed by atoms with Gasteiger partial charge in [-0.05, 0) is 37.1 Å². The van der Waals surface area contributed by atoms with Crippen LogP contribution < -0.4 is 5.32 Å². The number of nitrogens with zero attached hydrogens (tertiary/aromatic N) is 1. The second kappa shape index (κ2) is 6.52. The third-order valence-electron chi connectivity index (χ3n) is 3.58. The lowest BCUT2D eigenvalue weighted by atomic mass is 9.96. The van der Waals surface area contributed by atoms with Crippen LogP contribution in [0.3, 0.4) is 0 Å². The molecule has 0 aliphatic carbocycles. The zero-order valence-electron chi connectivity index (χ0n) is 11.3. The first-order chi connectivity index (χ1) is 9.45. The summed E-state index contributed by atoms with van der Waals surface area (Å²) in [5.74, 6) is -0.603. The van der Waals surface area contributed by atoms with E-state index in [1.54, 1.807) is 0 Å². The van der Waals surface area contributed by atoms with Gasteiger partial charge in [0.05, 0.1) is 18.3 Å². The van der Waals surface area contributed by atoms with Crippen molar-refractivity contribution in [1.29, 1.82) is 0 Å². The molecule has 1 fully saturated rings. The number of β-amino-alcohol motifs (C(OH)–C–C–N with tert-alkyl or cyclic N) is 1. The normalized spacial score (nSPS) is 23.6. The zero-order chi connectivity index (χ0) is 14.7. The van der Waals surface area contributed by atoms with Crippen molar-refractivity contribution in [2.45, 2.75) is 19.4 Å². The van der Waals surface area contributed by atoms with Crippen molar-refractivity contribution in [2.24, 2.45) is 5.92 Å². The van der Waals surface area contributed by atoms with Gasteiger partial charge in [0.2, 0.25) is 5.91 Å². The van der Waals surface area contributed by atoms with Crippen molar-refractivity contribution in [3.63, 3.8) is 0 Å². The summed E-state index contributed by atoms with van der Waals surface area (Å²) in [4.78, 5) is 13.7. The van der Waals surface area contributed by atoms with E-state index in [2.05, 4.69) is 5.32 Å². The number of carbonyl (C=O) groups excluding carboxylic acids is 1. The van der Waals surface area contributed by atoms with E-state index in [9.17, 15) is 14.3 Å². The number of piperidine rings is 1. The molecule has 1 aliphatic heterocycles. The van der Waals surface area contributed by atoms with Crippen LogP contribution in [0.2, 0.25) is 5.02 Å². The van der Waals surface area contributed by atoms with Gasteiger partial charge in [-0.25, -0.2) is 4.39 Å². The Morgan fingerprint density at radius 1 is 1.60 bits per heavy atom. The summed E-state index contributed by atoms with van der Waals surface area (Å²) in [5, 5.41) is 12.6. The van der Waals surface area contributed by atoms with Gasteiger partial charge in [0, 0.05) is 11.6 Å². The van der Waals surface area contributed by atoms with Gasteiger partial charge in [-0.15, -0.1) is 0 Å². The highest BCUT2D eigenvalue weighted by atomic mass is 35.5. The highest BCUT2D eigenvalue weighted by molar-refractivity contribution is 6.30. The van der Waals surface area contributed by atoms with Gasteiger partial charge in [0.15, 0.2) is 0 Å². The maximum Gasteiger partial charge on any atom is 0.238 e. The molecule has 2 unspecified atom stereocenters. The molecule has 0 bridgehead atoms. The van der Waals surface area contributed by atoms with Gasteiger partial charge in [0.25, 0.3) is 0 Å². The largest absolute Gasteiger partial charge is 0.392 e. The summed E-state index contributed by atoms with van der Waals surface area (Å²) in [5.41, 5.74) is 0.116. The highest BCUT2D eigenvalue weighted by Gasteiger charge is 2.25. The topological polar surface area (TPSA) is 52.6 Å². The molecule has 0 aromatic heterocycles. The number of anilines is 1. The quantitative estimate of drug-likeness (QED) is 0.899. The Kier molecular flexibility index (Phi) is 4.96. The van der Waals surface area contributed by atoms with E-state index in [1.165, 1.54) is 12.1 Å². The van der Waals surface area contributed by atoms with Gasteiger partial charge >= 0.3 is 0 Å². The molecule has 110 valence electrons. The first kappa shape index (κ1) is 15.2. The van der Waals surface area contributed by atoms with Crippen LogP contribution in [0.1, 0.15) is 13.3 Å². The molecule has 4 nitrogen and oxygen atoms in total. The minimum Gasteiger partial charge on any atom is -0.392 e. The second-order valence-electron chi connectivity index (χ2n) is 5.24. The van der Waals surface area contributed by atoms with E-state index in [-0.39, 0.29) is 29.1 Å². The van der Waals surface area contributed by atoms with Gasteiger partial charge in [-0.3, -0.25) is 9.69 Å². The number of benzene rings is 1. The Morgan fingerprint density at radius 2 is 2.35 bits per heavy atom. The van der Waals surface area contributed by atoms with Gasteiger partial charge < -0.3 is 10.4 Å². The summed E-state index contributed by atoms with van der Waals surface area (Å²) in [6.45, 7) is 3.36. The lowest BCUT2D eigenvalue weighted by Gasteiger charge is -2.33. The number of halogens is 2. The molecule has 2 atom stereocenters. The molecular formula is C14H18ClFN2O2. The fourth-order valence-electron chi connectivity index (χ4n) is 2.24. The number of hydrogen-bond donors (Lipinski definition) is 2. The average Bonchev–Trinajstić information content (AvgIpc) is 2.37. The fraction of sp³-hybridized carbons (Fsp3) is 0.500. The van der Waals surface area contributed by atoms with Crippen LogP contribution in [-0.2, 0) is 4.79 Å². The number of amides is 1. The van der Waals surface area contributed by atoms with E-state index in [0.717, 1.165) is 19.0 Å². The third-order valence-corrected chi connectivity index (χ3v) is 3.81. The minimum absolute atomic E-state index is 0.116. The summed E-state index contributed by atoms with van der Waals surface area (Å²) in [6, 6.07) is 4.11. The maximum absolute atomic E-state index is 13.5. The van der Waals surface area contributed by atoms with Crippen molar-refractivity contribution in [2.75, 3.05) is 25.0 Å². The summed E-state index contributed by atoms with van der Waals surface area (Å²) < 4.78 is 13.5. The van der Waals surface area contributed by atoms with Gasteiger partial charge in [-0.2, -0.15) is 0 Å². The van der Waals surface area contributed by atoms with Crippen LogP contribution in [0.4, 0.5) is 10.1 Å². The van der Waals surface area contributed by atoms with E-state index < -0.39 is 11.9 Å². The van der Waals surface area contributed by atoms with E-state index in [0.29, 0.717) is 6.54 Å². The Morgan fingerprint density at radius 3 is 3.00 bits per heavy atom. The maximum atomic E-state index is 13.5. The lowest BCUT2D eigenvalue weighted by Crippen LogP contribution is -2.45. The Labute approximate surface area is 122 Å². The van der Waals surface area contributed by atoms with Crippen LogP contribution in [0, 0.1) is 11.7 Å². The highest BCUT2D eigenvalue weighted by Crippen LogP contribution is 2.19. The molecule has 0 saturated carbocycles. The first-order valence-electron chi connectivity index (χ1n) is 6.61. The van der Waals surface area contributed by atoms with E-state index in [1.807, 2.05) is 11.8 Å². The Bertz CT molecular complexity index is 498. The van der Waals surface area contributed by atoms with Crippen LogP contribution in [0.5, 0.6) is 0 Å².